The minimum absolute atomic E-state index is 0.158. The molecule has 0 unspecified atom stereocenters. The van der Waals surface area contributed by atoms with Gasteiger partial charge in [-0.2, -0.15) is 22.0 Å². The Bertz CT molecular complexity index is 1170. The van der Waals surface area contributed by atoms with E-state index in [0.717, 1.165) is 18.8 Å². The van der Waals surface area contributed by atoms with Crippen molar-refractivity contribution in [3.05, 3.63) is 59.2 Å². The number of halogens is 9. The van der Waals surface area contributed by atoms with Crippen LogP contribution in [0.2, 0.25) is 0 Å². The van der Waals surface area contributed by atoms with Crippen LogP contribution in [0.15, 0.2) is 30.3 Å². The summed E-state index contributed by atoms with van der Waals surface area (Å²) in [7, 11) is 0. The highest BCUT2D eigenvalue weighted by Gasteiger charge is 2.45. The molecular formula is C31H33F9O. The van der Waals surface area contributed by atoms with Crippen molar-refractivity contribution in [2.45, 2.75) is 83.4 Å². The molecule has 2 aromatic carbocycles. The molecule has 0 amide bonds. The number of alkyl halides is 5. The van der Waals surface area contributed by atoms with E-state index in [0.29, 0.717) is 48.9 Å². The van der Waals surface area contributed by atoms with E-state index >= 15 is 8.78 Å². The zero-order valence-corrected chi connectivity index (χ0v) is 22.7. The molecule has 0 saturated heterocycles. The lowest BCUT2D eigenvalue weighted by Gasteiger charge is -2.39. The smallest absolute Gasteiger partial charge is 0.409 e. The summed E-state index contributed by atoms with van der Waals surface area (Å²) in [6.45, 7) is 2.18. The summed E-state index contributed by atoms with van der Waals surface area (Å²) in [6, 6.07) is 1.93. The number of ether oxygens (including phenoxy) is 1. The van der Waals surface area contributed by atoms with Gasteiger partial charge < -0.3 is 4.74 Å². The van der Waals surface area contributed by atoms with Gasteiger partial charge in [-0.25, -0.2) is 17.6 Å². The zero-order chi connectivity index (χ0) is 29.9. The number of allylic oxidation sites excluding steroid dienone is 1. The van der Waals surface area contributed by atoms with E-state index in [4.69, 9.17) is 4.74 Å². The van der Waals surface area contributed by atoms with Gasteiger partial charge in [0.15, 0.2) is 0 Å². The van der Waals surface area contributed by atoms with Crippen LogP contribution in [0, 0.1) is 46.9 Å². The van der Waals surface area contributed by atoms with Crippen molar-refractivity contribution < 1.29 is 44.3 Å². The van der Waals surface area contributed by atoms with Gasteiger partial charge in [0.25, 0.3) is 0 Å². The molecule has 10 heteroatoms. The van der Waals surface area contributed by atoms with Gasteiger partial charge in [0.1, 0.15) is 29.0 Å². The average Bonchev–Trinajstić information content (AvgIpc) is 2.88. The van der Waals surface area contributed by atoms with Gasteiger partial charge >= 0.3 is 12.3 Å². The van der Waals surface area contributed by atoms with Crippen LogP contribution in [0.5, 0.6) is 5.75 Å². The van der Waals surface area contributed by atoms with Crippen molar-refractivity contribution in [2.75, 3.05) is 0 Å². The highest BCUT2D eigenvalue weighted by atomic mass is 19.4. The van der Waals surface area contributed by atoms with Crippen LogP contribution in [-0.2, 0) is 0 Å². The Kier molecular flexibility index (Phi) is 9.69. The van der Waals surface area contributed by atoms with Gasteiger partial charge in [0.05, 0.1) is 11.5 Å². The number of rotatable bonds is 8. The quantitative estimate of drug-likeness (QED) is 0.277. The van der Waals surface area contributed by atoms with Gasteiger partial charge in [-0.1, -0.05) is 32.6 Å². The molecule has 0 aliphatic heterocycles. The molecule has 226 valence electrons. The molecule has 0 heterocycles. The SMILES string of the molecule is CCCC1CCC(C2CCC(C(F)(F)Oc3cc(F)c(-c4cc(F)c(C=CC(F)(F)F)c(F)c4)c(F)c3)CC2)CC1. The monoisotopic (exact) mass is 592 g/mol. The third-order valence-corrected chi connectivity index (χ3v) is 8.58. The number of hydrogen-bond donors (Lipinski definition) is 0. The summed E-state index contributed by atoms with van der Waals surface area (Å²) in [4.78, 5) is 0. The second-order valence-corrected chi connectivity index (χ2v) is 11.3. The van der Waals surface area contributed by atoms with E-state index in [9.17, 15) is 30.7 Å². The largest absolute Gasteiger partial charge is 0.432 e. The molecular weight excluding hydrogens is 559 g/mol. The fourth-order valence-corrected chi connectivity index (χ4v) is 6.47. The second kappa shape index (κ2) is 12.7. The summed E-state index contributed by atoms with van der Waals surface area (Å²) < 4.78 is 130. The molecule has 41 heavy (non-hydrogen) atoms. The Hall–Kier alpha value is -2.65. The molecule has 0 N–H and O–H groups in total. The zero-order valence-electron chi connectivity index (χ0n) is 22.7. The molecule has 0 spiro atoms. The Morgan fingerprint density at radius 1 is 0.732 bits per heavy atom. The van der Waals surface area contributed by atoms with E-state index < -0.39 is 63.9 Å². The molecule has 2 aliphatic rings. The van der Waals surface area contributed by atoms with Crippen LogP contribution in [0.1, 0.15) is 76.7 Å². The number of hydrogen-bond acceptors (Lipinski definition) is 1. The normalized spacial score (nSPS) is 24.1. The molecule has 0 radical (unpaired) electrons. The van der Waals surface area contributed by atoms with Crippen molar-refractivity contribution >= 4 is 6.08 Å². The van der Waals surface area contributed by atoms with Crippen molar-refractivity contribution in [2.24, 2.45) is 23.7 Å². The van der Waals surface area contributed by atoms with Crippen molar-refractivity contribution in [1.29, 1.82) is 0 Å². The molecule has 0 bridgehead atoms. The molecule has 1 nitrogen and oxygen atoms in total. The second-order valence-electron chi connectivity index (χ2n) is 11.3. The molecule has 2 aromatic rings. The first-order chi connectivity index (χ1) is 19.3. The molecule has 0 aromatic heterocycles. The fourth-order valence-electron chi connectivity index (χ4n) is 6.47. The minimum Gasteiger partial charge on any atom is -0.432 e. The first-order valence-electron chi connectivity index (χ1n) is 14.1. The van der Waals surface area contributed by atoms with E-state index in [1.807, 2.05) is 0 Å². The van der Waals surface area contributed by atoms with Crippen LogP contribution in [-0.4, -0.2) is 12.3 Å². The Labute approximate surface area is 233 Å². The maximum atomic E-state index is 15.0. The standard InChI is InChI=1S/C31H33F9O/c1-2-3-18-4-6-19(7-5-18)20-8-10-22(11-9-20)31(39,40)41-23-16-27(34)29(28(35)17-23)21-14-25(32)24(26(33)15-21)12-13-30(36,37)38/h12-20,22H,2-11H2,1H3. The summed E-state index contributed by atoms with van der Waals surface area (Å²) in [5.41, 5.74) is -2.64. The Morgan fingerprint density at radius 2 is 1.24 bits per heavy atom. The van der Waals surface area contributed by atoms with Crippen LogP contribution < -0.4 is 4.74 Å². The topological polar surface area (TPSA) is 9.23 Å². The first-order valence-corrected chi connectivity index (χ1v) is 14.1. The molecule has 0 atom stereocenters. The fraction of sp³-hybridized carbons (Fsp3) is 0.548. The number of benzene rings is 2. The molecule has 2 saturated carbocycles. The van der Waals surface area contributed by atoms with Crippen LogP contribution in [0.3, 0.4) is 0 Å². The first kappa shape index (κ1) is 31.3. The molecule has 4 rings (SSSR count). The maximum absolute atomic E-state index is 15.0. The van der Waals surface area contributed by atoms with E-state index in [-0.39, 0.29) is 25.0 Å². The van der Waals surface area contributed by atoms with E-state index in [1.54, 1.807) is 0 Å². The predicted octanol–water partition coefficient (Wildman–Crippen LogP) is 10.9. The van der Waals surface area contributed by atoms with E-state index in [1.165, 1.54) is 25.7 Å². The highest BCUT2D eigenvalue weighted by Crippen LogP contribution is 2.46. The Balaban J connectivity index is 1.42. The maximum Gasteiger partial charge on any atom is 0.409 e. The van der Waals surface area contributed by atoms with Crippen LogP contribution >= 0.6 is 0 Å². The van der Waals surface area contributed by atoms with Gasteiger partial charge in [0.2, 0.25) is 0 Å². The van der Waals surface area contributed by atoms with Crippen molar-refractivity contribution in [1.82, 2.24) is 0 Å². The summed E-state index contributed by atoms with van der Waals surface area (Å²) in [5, 5.41) is 0. The van der Waals surface area contributed by atoms with E-state index in [2.05, 4.69) is 6.92 Å². The minimum atomic E-state index is -4.83. The Morgan fingerprint density at radius 3 is 1.73 bits per heavy atom. The average molecular weight is 593 g/mol. The van der Waals surface area contributed by atoms with Gasteiger partial charge in [-0.15, -0.1) is 0 Å². The predicted molar refractivity (Wildman–Crippen MR) is 138 cm³/mol. The summed E-state index contributed by atoms with van der Waals surface area (Å²) in [5.74, 6) is -6.04. The summed E-state index contributed by atoms with van der Waals surface area (Å²) in [6.07, 6.45) is 0.000102. The van der Waals surface area contributed by atoms with Crippen LogP contribution in [0.25, 0.3) is 17.2 Å². The summed E-state index contributed by atoms with van der Waals surface area (Å²) >= 11 is 0. The lowest BCUT2D eigenvalue weighted by atomic mass is 9.68. The van der Waals surface area contributed by atoms with Gasteiger partial charge in [0, 0.05) is 23.8 Å². The third-order valence-electron chi connectivity index (χ3n) is 8.58. The highest BCUT2D eigenvalue weighted by molar-refractivity contribution is 5.68. The lowest BCUT2D eigenvalue weighted by molar-refractivity contribution is -0.224. The van der Waals surface area contributed by atoms with Crippen LogP contribution in [0.4, 0.5) is 39.5 Å². The van der Waals surface area contributed by atoms with Crippen molar-refractivity contribution in [3.8, 4) is 16.9 Å². The molecule has 2 fully saturated rings. The third kappa shape index (κ3) is 7.80. The molecule has 2 aliphatic carbocycles. The lowest BCUT2D eigenvalue weighted by Crippen LogP contribution is -2.38. The van der Waals surface area contributed by atoms with Crippen molar-refractivity contribution in [3.63, 3.8) is 0 Å². The van der Waals surface area contributed by atoms with Gasteiger partial charge in [-0.05, 0) is 80.1 Å². The van der Waals surface area contributed by atoms with Gasteiger partial charge in [-0.3, -0.25) is 0 Å².